The monoisotopic (exact) mass is 372 g/mol. The van der Waals surface area contributed by atoms with Crippen molar-refractivity contribution in [2.75, 3.05) is 22.9 Å². The number of hydrogen-bond donors (Lipinski definition) is 0. The predicted octanol–water partition coefficient (Wildman–Crippen LogP) is 4.96. The van der Waals surface area contributed by atoms with E-state index in [1.54, 1.807) is 0 Å². The van der Waals surface area contributed by atoms with Crippen LogP contribution in [0.25, 0.3) is 0 Å². The van der Waals surface area contributed by atoms with Gasteiger partial charge in [0.2, 0.25) is 11.6 Å². The van der Waals surface area contributed by atoms with Gasteiger partial charge in [0.05, 0.1) is 11.4 Å². The van der Waals surface area contributed by atoms with E-state index in [4.69, 9.17) is 0 Å². The topological polar surface area (TPSA) is 40.6 Å². The minimum absolute atomic E-state index is 0.0196. The van der Waals surface area contributed by atoms with Crippen LogP contribution in [-0.2, 0) is 0 Å². The van der Waals surface area contributed by atoms with E-state index in [1.165, 1.54) is 12.8 Å². The van der Waals surface area contributed by atoms with Crippen LogP contribution < -0.4 is 9.80 Å². The molecule has 3 aliphatic heterocycles. The summed E-state index contributed by atoms with van der Waals surface area (Å²) < 4.78 is 0. The lowest BCUT2D eigenvalue weighted by Crippen LogP contribution is -2.31. The molecule has 0 atom stereocenters. The molecule has 0 saturated carbocycles. The number of allylic oxidation sites excluding steroid dienone is 2. The molecule has 0 aromatic heterocycles. The van der Waals surface area contributed by atoms with E-state index in [9.17, 15) is 9.59 Å². The summed E-state index contributed by atoms with van der Waals surface area (Å²) in [6.45, 7) is 1.55. The Hall–Kier alpha value is -2.88. The zero-order valence-corrected chi connectivity index (χ0v) is 16.0. The van der Waals surface area contributed by atoms with Crippen molar-refractivity contribution < 1.29 is 9.59 Å². The van der Waals surface area contributed by atoms with Gasteiger partial charge in [-0.1, -0.05) is 49.9 Å². The van der Waals surface area contributed by atoms with Crippen molar-refractivity contribution in [2.45, 2.75) is 38.5 Å². The van der Waals surface area contributed by atoms with Crippen molar-refractivity contribution >= 4 is 22.9 Å². The first-order valence-corrected chi connectivity index (χ1v) is 10.3. The lowest BCUT2D eigenvalue weighted by Gasteiger charge is -2.27. The van der Waals surface area contributed by atoms with Crippen molar-refractivity contribution in [3.05, 3.63) is 71.1 Å². The maximum absolute atomic E-state index is 13.4. The van der Waals surface area contributed by atoms with E-state index in [0.29, 0.717) is 22.5 Å². The molecule has 5 rings (SSSR count). The maximum atomic E-state index is 13.4. The smallest absolute Gasteiger partial charge is 0.213 e. The lowest BCUT2D eigenvalue weighted by molar-refractivity contribution is 0.100. The Kier molecular flexibility index (Phi) is 4.27. The van der Waals surface area contributed by atoms with Gasteiger partial charge in [-0.3, -0.25) is 9.59 Å². The van der Waals surface area contributed by atoms with Gasteiger partial charge >= 0.3 is 0 Å². The number of rotatable bonds is 0. The third-order valence-electron chi connectivity index (χ3n) is 6.09. The molecule has 3 aliphatic rings. The van der Waals surface area contributed by atoms with Crippen LogP contribution in [0.1, 0.15) is 59.2 Å². The molecular weight excluding hydrogens is 348 g/mol. The van der Waals surface area contributed by atoms with Gasteiger partial charge in [-0.25, -0.2) is 0 Å². The summed E-state index contributed by atoms with van der Waals surface area (Å²) in [6.07, 6.45) is 6.83. The van der Waals surface area contributed by atoms with Crippen LogP contribution in [0.5, 0.6) is 0 Å². The number of hydrogen-bond acceptors (Lipinski definition) is 4. The van der Waals surface area contributed by atoms with Crippen molar-refractivity contribution in [1.82, 2.24) is 0 Å². The highest BCUT2D eigenvalue weighted by molar-refractivity contribution is 6.28. The summed E-state index contributed by atoms with van der Waals surface area (Å²) in [7, 11) is 0. The molecule has 0 amide bonds. The molecule has 4 heteroatoms. The fraction of sp³-hybridized carbons (Fsp3) is 0.333. The number of carbonyl (C=O) groups is 2. The number of nitrogens with zero attached hydrogens (tertiary/aromatic N) is 2. The van der Waals surface area contributed by atoms with E-state index in [-0.39, 0.29) is 11.6 Å². The minimum Gasteiger partial charge on any atom is -0.336 e. The summed E-state index contributed by atoms with van der Waals surface area (Å²) in [5, 5.41) is 0. The fourth-order valence-corrected chi connectivity index (χ4v) is 4.73. The normalized spacial score (nSPS) is 22.1. The fourth-order valence-electron chi connectivity index (χ4n) is 4.73. The standard InChI is InChI=1S/C24H24N2O2/c27-23-17-11-5-7-13-19(17)25-15-9-3-1-2-4-10-16-26-20-14-8-6-12-18(20)24(28)22(26)21(23)25/h5-8,11-14H,1-4,9-10,15-16H2/b22-21+. The minimum atomic E-state index is -0.0196. The van der Waals surface area contributed by atoms with E-state index in [2.05, 4.69) is 9.80 Å². The third kappa shape index (κ3) is 2.59. The van der Waals surface area contributed by atoms with Crippen molar-refractivity contribution in [3.63, 3.8) is 0 Å². The van der Waals surface area contributed by atoms with Crippen molar-refractivity contribution in [3.8, 4) is 0 Å². The highest BCUT2D eigenvalue weighted by Gasteiger charge is 2.42. The van der Waals surface area contributed by atoms with Crippen LogP contribution >= 0.6 is 0 Å². The van der Waals surface area contributed by atoms with Crippen LogP contribution in [0.3, 0.4) is 0 Å². The second-order valence-corrected chi connectivity index (χ2v) is 7.81. The zero-order valence-electron chi connectivity index (χ0n) is 16.0. The number of Topliss-reactive ketones (excluding diaryl/α,β-unsaturated/α-hetero) is 2. The molecule has 0 unspecified atom stereocenters. The quantitative estimate of drug-likeness (QED) is 0.655. The van der Waals surface area contributed by atoms with Gasteiger partial charge in [0, 0.05) is 24.2 Å². The van der Waals surface area contributed by atoms with Crippen LogP contribution in [0, 0.1) is 0 Å². The number of fused-ring (bicyclic) bond motifs is 6. The third-order valence-corrected chi connectivity index (χ3v) is 6.09. The maximum Gasteiger partial charge on any atom is 0.213 e. The average molecular weight is 372 g/mol. The Bertz CT molecular complexity index is 912. The van der Waals surface area contributed by atoms with E-state index < -0.39 is 0 Å². The summed E-state index contributed by atoms with van der Waals surface area (Å²) >= 11 is 0. The summed E-state index contributed by atoms with van der Waals surface area (Å²) in [5.41, 5.74) is 4.45. The number of para-hydroxylation sites is 2. The van der Waals surface area contributed by atoms with Gasteiger partial charge in [0.15, 0.2) is 0 Å². The molecule has 0 N–H and O–H groups in total. The summed E-state index contributed by atoms with van der Waals surface area (Å²) in [5.74, 6) is -0.0392. The highest BCUT2D eigenvalue weighted by Crippen LogP contribution is 2.42. The highest BCUT2D eigenvalue weighted by atomic mass is 16.1. The Morgan fingerprint density at radius 2 is 0.929 bits per heavy atom. The van der Waals surface area contributed by atoms with Crippen LogP contribution in [0.15, 0.2) is 59.9 Å². The Morgan fingerprint density at radius 1 is 0.536 bits per heavy atom. The number of carbonyl (C=O) groups excluding carboxylic acids is 2. The first kappa shape index (κ1) is 17.2. The van der Waals surface area contributed by atoms with Gasteiger partial charge < -0.3 is 9.80 Å². The SMILES string of the molecule is O=C1/C2=C3/C(=O)c4ccccc4N3CCCCCCCCN2c2ccccc21. The molecule has 142 valence electrons. The first-order valence-electron chi connectivity index (χ1n) is 10.3. The zero-order chi connectivity index (χ0) is 19.1. The molecule has 4 nitrogen and oxygen atoms in total. The molecule has 0 bridgehead atoms. The molecule has 0 aliphatic carbocycles. The molecule has 0 spiro atoms. The number of anilines is 2. The van der Waals surface area contributed by atoms with Crippen LogP contribution in [0.2, 0.25) is 0 Å². The Morgan fingerprint density at radius 3 is 1.39 bits per heavy atom. The largest absolute Gasteiger partial charge is 0.336 e. The summed E-state index contributed by atoms with van der Waals surface area (Å²) in [6, 6.07) is 15.5. The van der Waals surface area contributed by atoms with Gasteiger partial charge in [-0.2, -0.15) is 0 Å². The van der Waals surface area contributed by atoms with Gasteiger partial charge in [0.25, 0.3) is 0 Å². The Balaban J connectivity index is 1.71. The average Bonchev–Trinajstić information content (AvgIpc) is 3.14. The van der Waals surface area contributed by atoms with Crippen LogP contribution in [0.4, 0.5) is 11.4 Å². The van der Waals surface area contributed by atoms with Gasteiger partial charge in [-0.05, 0) is 37.1 Å². The Labute approximate surface area is 165 Å². The van der Waals surface area contributed by atoms with Crippen molar-refractivity contribution in [1.29, 1.82) is 0 Å². The molecular formula is C24H24N2O2. The van der Waals surface area contributed by atoms with Gasteiger partial charge in [-0.15, -0.1) is 0 Å². The molecule has 2 aromatic rings. The number of benzene rings is 2. The van der Waals surface area contributed by atoms with E-state index in [0.717, 1.165) is 50.1 Å². The van der Waals surface area contributed by atoms with Crippen molar-refractivity contribution in [2.24, 2.45) is 0 Å². The van der Waals surface area contributed by atoms with E-state index in [1.807, 2.05) is 48.5 Å². The van der Waals surface area contributed by atoms with Crippen LogP contribution in [-0.4, -0.2) is 24.7 Å². The second-order valence-electron chi connectivity index (χ2n) is 7.81. The predicted molar refractivity (Wildman–Crippen MR) is 111 cm³/mol. The molecule has 28 heavy (non-hydrogen) atoms. The molecule has 2 aromatic carbocycles. The first-order chi connectivity index (χ1) is 13.8. The molecule has 3 heterocycles. The lowest BCUT2D eigenvalue weighted by atomic mass is 10.1. The molecule has 0 radical (unpaired) electrons. The second kappa shape index (κ2) is 6.93. The summed E-state index contributed by atoms with van der Waals surface area (Å²) in [4.78, 5) is 31.0. The van der Waals surface area contributed by atoms with E-state index >= 15 is 0 Å². The molecule has 0 saturated heterocycles. The molecule has 0 fully saturated rings. The number of ketones is 2. The van der Waals surface area contributed by atoms with Gasteiger partial charge in [0.1, 0.15) is 11.4 Å².